The summed E-state index contributed by atoms with van der Waals surface area (Å²) in [6.07, 6.45) is 7.59. The molecule has 0 bridgehead atoms. The van der Waals surface area contributed by atoms with Gasteiger partial charge in [0.25, 0.3) is 0 Å². The molecule has 6 aliphatic rings. The SMILES string of the molecule is C[C@]12CCC(=O)C=C1[C@@H]1C[C@@H]1[C@H]1[C@@H]3CC[C@@](O)(CCC(=O)O)[C@@]3(C)CC3OC312.S.S.S.S.S.[K+]. The number of carboxylic acids is 1. The van der Waals surface area contributed by atoms with E-state index in [1.54, 1.807) is 0 Å². The van der Waals surface area contributed by atoms with Crippen LogP contribution in [0.25, 0.3) is 0 Å². The van der Waals surface area contributed by atoms with Crippen molar-refractivity contribution in [1.82, 2.24) is 0 Å². The first-order valence-electron chi connectivity index (χ1n) is 11.0. The van der Waals surface area contributed by atoms with E-state index in [1.807, 2.05) is 6.08 Å². The molecule has 0 radical (unpaired) electrons. The number of carboxylic acid groups (broad SMARTS) is 1. The Hall–Kier alpha value is 2.19. The molecule has 4 saturated carbocycles. The number of aliphatic hydroxyl groups is 1. The summed E-state index contributed by atoms with van der Waals surface area (Å²) in [5.74, 6) is 1.36. The van der Waals surface area contributed by atoms with Crippen LogP contribution in [0.1, 0.15) is 65.2 Å². The molecular formula is C23H40KO5S5+. The van der Waals surface area contributed by atoms with Gasteiger partial charge in [-0.3, -0.25) is 9.59 Å². The van der Waals surface area contributed by atoms with Crippen molar-refractivity contribution in [2.45, 2.75) is 82.5 Å². The van der Waals surface area contributed by atoms with E-state index in [1.165, 1.54) is 5.57 Å². The van der Waals surface area contributed by atoms with Crippen molar-refractivity contribution in [3.05, 3.63) is 11.6 Å². The molecule has 1 heterocycles. The van der Waals surface area contributed by atoms with Crippen LogP contribution in [0.4, 0.5) is 0 Å². The fourth-order valence-electron chi connectivity index (χ4n) is 8.66. The maximum Gasteiger partial charge on any atom is 1.00 e. The third-order valence-corrected chi connectivity index (χ3v) is 10.2. The van der Waals surface area contributed by atoms with Gasteiger partial charge in [0.05, 0.1) is 11.7 Å². The van der Waals surface area contributed by atoms with E-state index >= 15 is 0 Å². The first kappa shape index (κ1) is 36.2. The summed E-state index contributed by atoms with van der Waals surface area (Å²) in [5, 5.41) is 20.8. The molecule has 192 valence electrons. The summed E-state index contributed by atoms with van der Waals surface area (Å²) in [6.45, 7) is 4.54. The van der Waals surface area contributed by atoms with Gasteiger partial charge in [0.2, 0.25) is 0 Å². The van der Waals surface area contributed by atoms with Crippen LogP contribution >= 0.6 is 67.5 Å². The van der Waals surface area contributed by atoms with Crippen LogP contribution < -0.4 is 51.4 Å². The number of ether oxygens (including phenoxy) is 1. The van der Waals surface area contributed by atoms with Crippen molar-refractivity contribution >= 4 is 79.2 Å². The topological polar surface area (TPSA) is 87.1 Å². The van der Waals surface area contributed by atoms with E-state index < -0.39 is 11.6 Å². The standard InChI is InChI=1S/C23H30O5.K.5H2S/c1-20-6-3-12(24)9-16(20)13-10-14(13)19-15-4-7-22(27,8-5-18(25)26)21(15,2)11-17-23(19,20)28-17;;;;;;/h9,13-15,17,19,27H,3-8,10-11H2,1-2H3,(H,25,26);;5*1H2/q;+1;;;;;/t13-,14+,15+,17?,19+,20+,21+,22-,23?;;;;;;/m1....../s1. The van der Waals surface area contributed by atoms with Crippen LogP contribution in [-0.4, -0.2) is 39.3 Å². The molecule has 0 aromatic heterocycles. The largest absolute Gasteiger partial charge is 1.00 e. The minimum Gasteiger partial charge on any atom is -0.481 e. The Balaban J connectivity index is 0.00000181. The van der Waals surface area contributed by atoms with Gasteiger partial charge in [-0.15, -0.1) is 0 Å². The van der Waals surface area contributed by atoms with E-state index in [9.17, 15) is 19.8 Å². The van der Waals surface area contributed by atoms with Gasteiger partial charge in [-0.05, 0) is 68.3 Å². The predicted octanol–water partition coefficient (Wildman–Crippen LogP) is 0.669. The van der Waals surface area contributed by atoms with Crippen molar-refractivity contribution < 1.29 is 75.9 Å². The molecule has 0 aromatic rings. The van der Waals surface area contributed by atoms with Gasteiger partial charge in [-0.2, -0.15) is 67.5 Å². The van der Waals surface area contributed by atoms with Crippen LogP contribution in [-0.2, 0) is 14.3 Å². The van der Waals surface area contributed by atoms with Gasteiger partial charge < -0.3 is 14.9 Å². The second-order valence-electron chi connectivity index (χ2n) is 11.0. The first-order chi connectivity index (χ1) is 13.2. The molecule has 0 aromatic carbocycles. The van der Waals surface area contributed by atoms with Crippen molar-refractivity contribution in [2.75, 3.05) is 0 Å². The maximum absolute atomic E-state index is 12.1. The monoisotopic (exact) mass is 595 g/mol. The molecule has 11 heteroatoms. The van der Waals surface area contributed by atoms with Crippen LogP contribution in [0, 0.1) is 34.5 Å². The molecule has 1 spiro atoms. The second-order valence-corrected chi connectivity index (χ2v) is 11.0. The van der Waals surface area contributed by atoms with Crippen molar-refractivity contribution in [1.29, 1.82) is 0 Å². The number of hydrogen-bond acceptors (Lipinski definition) is 4. The fraction of sp³-hybridized carbons (Fsp3) is 0.826. The number of rotatable bonds is 3. The number of aliphatic carboxylic acids is 1. The second kappa shape index (κ2) is 11.4. The van der Waals surface area contributed by atoms with Crippen molar-refractivity contribution in [3.63, 3.8) is 0 Å². The zero-order chi connectivity index (χ0) is 19.7. The Morgan fingerprint density at radius 1 is 1.15 bits per heavy atom. The molecule has 9 atom stereocenters. The van der Waals surface area contributed by atoms with Crippen molar-refractivity contribution in [2.24, 2.45) is 34.5 Å². The van der Waals surface area contributed by atoms with E-state index in [0.717, 1.165) is 25.7 Å². The van der Waals surface area contributed by atoms with Crippen LogP contribution in [0.2, 0.25) is 0 Å². The van der Waals surface area contributed by atoms with Gasteiger partial charge in [0.15, 0.2) is 5.78 Å². The average Bonchev–Trinajstić information content (AvgIpc) is 3.52. The Morgan fingerprint density at radius 3 is 2.41 bits per heavy atom. The molecule has 2 N–H and O–H groups in total. The Bertz CT molecular complexity index is 860. The number of fused-ring (bicyclic) bond motifs is 6. The van der Waals surface area contributed by atoms with E-state index in [2.05, 4.69) is 13.8 Å². The quantitative estimate of drug-likeness (QED) is 0.370. The van der Waals surface area contributed by atoms with Gasteiger partial charge >= 0.3 is 57.4 Å². The molecule has 1 aliphatic heterocycles. The molecule has 5 fully saturated rings. The summed E-state index contributed by atoms with van der Waals surface area (Å²) in [6, 6.07) is 0. The Labute approximate surface area is 280 Å². The summed E-state index contributed by atoms with van der Waals surface area (Å²) in [7, 11) is 0. The van der Waals surface area contributed by atoms with Gasteiger partial charge in [-0.1, -0.05) is 19.4 Å². The fourth-order valence-corrected chi connectivity index (χ4v) is 8.66. The molecule has 2 unspecified atom stereocenters. The van der Waals surface area contributed by atoms with Crippen molar-refractivity contribution in [3.8, 4) is 0 Å². The molecule has 5 aliphatic carbocycles. The summed E-state index contributed by atoms with van der Waals surface area (Å²) in [5.41, 5.74) is -0.0168. The van der Waals surface area contributed by atoms with Gasteiger partial charge in [0, 0.05) is 23.7 Å². The molecule has 6 rings (SSSR count). The third-order valence-electron chi connectivity index (χ3n) is 10.2. The molecule has 0 amide bonds. The third kappa shape index (κ3) is 4.43. The maximum atomic E-state index is 12.1. The zero-order valence-electron chi connectivity index (χ0n) is 20.2. The molecular weight excluding hydrogens is 556 g/mol. The minimum atomic E-state index is -0.905. The molecule has 5 nitrogen and oxygen atoms in total. The number of hydrogen-bond donors (Lipinski definition) is 2. The normalized spacial score (nSPS) is 47.7. The first-order valence-corrected chi connectivity index (χ1v) is 11.0. The van der Waals surface area contributed by atoms with Gasteiger partial charge in [-0.25, -0.2) is 0 Å². The van der Waals surface area contributed by atoms with Gasteiger partial charge in [0.1, 0.15) is 5.60 Å². The summed E-state index contributed by atoms with van der Waals surface area (Å²) in [4.78, 5) is 23.3. The van der Waals surface area contributed by atoms with E-state index in [-0.39, 0.29) is 154 Å². The van der Waals surface area contributed by atoms with E-state index in [4.69, 9.17) is 4.74 Å². The summed E-state index contributed by atoms with van der Waals surface area (Å²) >= 11 is 0. The van der Waals surface area contributed by atoms with Crippen LogP contribution in [0.5, 0.6) is 0 Å². The number of carbonyl (C=O) groups is 2. The smallest absolute Gasteiger partial charge is 0.481 e. The Kier molecular flexibility index (Phi) is 12.1. The summed E-state index contributed by atoms with van der Waals surface area (Å²) < 4.78 is 6.62. The predicted molar refractivity (Wildman–Crippen MR) is 152 cm³/mol. The molecule has 1 saturated heterocycles. The van der Waals surface area contributed by atoms with Crippen LogP contribution in [0.15, 0.2) is 11.6 Å². The zero-order valence-corrected chi connectivity index (χ0v) is 28.4. The van der Waals surface area contributed by atoms with Crippen LogP contribution in [0.3, 0.4) is 0 Å². The van der Waals surface area contributed by atoms with E-state index in [0.29, 0.717) is 42.9 Å². The average molecular weight is 596 g/mol. The number of carbonyl (C=O) groups excluding carboxylic acids is 1. The number of epoxide rings is 1. The molecule has 34 heavy (non-hydrogen) atoms. The Morgan fingerprint density at radius 2 is 1.79 bits per heavy atom. The minimum absolute atomic E-state index is 0. The number of ketones is 1.